The maximum atomic E-state index is 2.54. The van der Waals surface area contributed by atoms with Crippen LogP contribution >= 0.6 is 0 Å². The van der Waals surface area contributed by atoms with Crippen molar-refractivity contribution in [2.45, 2.75) is 103 Å². The first-order valence-corrected chi connectivity index (χ1v) is 22.4. The second kappa shape index (κ2) is 9.79. The summed E-state index contributed by atoms with van der Waals surface area (Å²) in [6.07, 6.45) is 5.07. The Bertz CT molecular complexity index is 1090. The molecule has 2 aliphatic carbocycles. The molecular weight excluding hydrogens is 469 g/mol. The summed E-state index contributed by atoms with van der Waals surface area (Å²) < 4.78 is 0. The van der Waals surface area contributed by atoms with E-state index in [2.05, 4.69) is 103 Å². The lowest BCUT2D eigenvalue weighted by molar-refractivity contribution is 0.865. The second-order valence-corrected chi connectivity index (χ2v) is 26.0. The SMILES string of the molecule is CC1=Cc2c(C[Si](C)(C)C)ccc(C)c2C1C[Si]CC1C(C)=Cc2c(C[Si](C)(C)C)ccc(C)c21. The van der Waals surface area contributed by atoms with Crippen LogP contribution in [-0.2, 0) is 12.1 Å². The van der Waals surface area contributed by atoms with Gasteiger partial charge in [0.15, 0.2) is 0 Å². The predicted octanol–water partition coefficient (Wildman–Crippen LogP) is 9.39. The Balaban J connectivity index is 1.53. The molecule has 3 heteroatoms. The number of aryl methyl sites for hydroxylation is 2. The molecular formula is C32H46Si3. The van der Waals surface area contributed by atoms with E-state index < -0.39 is 16.1 Å². The monoisotopic (exact) mass is 514 g/mol. The van der Waals surface area contributed by atoms with Crippen molar-refractivity contribution >= 4 is 37.8 Å². The Labute approximate surface area is 220 Å². The first-order chi connectivity index (χ1) is 16.2. The van der Waals surface area contributed by atoms with E-state index in [0.29, 0.717) is 11.8 Å². The van der Waals surface area contributed by atoms with E-state index in [1.54, 1.807) is 44.5 Å². The van der Waals surface area contributed by atoms with Gasteiger partial charge >= 0.3 is 0 Å². The quantitative estimate of drug-likeness (QED) is 0.308. The fourth-order valence-electron chi connectivity index (χ4n) is 6.31. The Kier molecular flexibility index (Phi) is 7.45. The average Bonchev–Trinajstić information content (AvgIpc) is 3.23. The van der Waals surface area contributed by atoms with Gasteiger partial charge in [-0.15, -0.1) is 0 Å². The lowest BCUT2D eigenvalue weighted by Crippen LogP contribution is -2.24. The second-order valence-electron chi connectivity index (χ2n) is 13.8. The molecule has 2 aliphatic rings. The van der Waals surface area contributed by atoms with Crippen LogP contribution < -0.4 is 0 Å². The van der Waals surface area contributed by atoms with Crippen LogP contribution in [0.5, 0.6) is 0 Å². The highest BCUT2D eigenvalue weighted by Crippen LogP contribution is 2.45. The molecule has 2 radical (unpaired) electrons. The van der Waals surface area contributed by atoms with Crippen molar-refractivity contribution in [3.05, 3.63) is 79.9 Å². The van der Waals surface area contributed by atoms with Gasteiger partial charge in [-0.3, -0.25) is 0 Å². The van der Waals surface area contributed by atoms with E-state index in [4.69, 9.17) is 0 Å². The minimum Gasteiger partial charge on any atom is -0.0693 e. The fourth-order valence-corrected chi connectivity index (χ4v) is 11.0. The normalized spacial score (nSPS) is 19.5. The minimum absolute atomic E-state index is 0.620. The van der Waals surface area contributed by atoms with E-state index in [-0.39, 0.29) is 0 Å². The third-order valence-electron chi connectivity index (χ3n) is 7.87. The van der Waals surface area contributed by atoms with Gasteiger partial charge in [0.2, 0.25) is 0 Å². The van der Waals surface area contributed by atoms with Crippen LogP contribution in [0, 0.1) is 13.8 Å². The van der Waals surface area contributed by atoms with Gasteiger partial charge in [-0.2, -0.15) is 0 Å². The summed E-state index contributed by atoms with van der Waals surface area (Å²) in [5.41, 5.74) is 15.8. The van der Waals surface area contributed by atoms with Crippen molar-refractivity contribution in [1.82, 2.24) is 0 Å². The number of fused-ring (bicyclic) bond motifs is 2. The van der Waals surface area contributed by atoms with Gasteiger partial charge in [0.1, 0.15) is 0 Å². The molecule has 0 spiro atoms. The van der Waals surface area contributed by atoms with Gasteiger partial charge in [0, 0.05) is 37.5 Å². The van der Waals surface area contributed by atoms with Crippen LogP contribution in [0.1, 0.15) is 70.2 Å². The molecule has 2 unspecified atom stereocenters. The van der Waals surface area contributed by atoms with E-state index in [0.717, 1.165) is 9.52 Å². The third-order valence-corrected chi connectivity index (χ3v) is 12.1. The summed E-state index contributed by atoms with van der Waals surface area (Å²) in [4.78, 5) is 0. The van der Waals surface area contributed by atoms with Crippen molar-refractivity contribution in [3.8, 4) is 0 Å². The number of hydrogen-bond acceptors (Lipinski definition) is 0. The van der Waals surface area contributed by atoms with Crippen molar-refractivity contribution in [1.29, 1.82) is 0 Å². The molecule has 2 aromatic carbocycles. The average molecular weight is 515 g/mol. The smallest absolute Gasteiger partial charge is 0.0487 e. The zero-order valence-electron chi connectivity index (χ0n) is 23.9. The zero-order valence-corrected chi connectivity index (χ0v) is 26.9. The first kappa shape index (κ1) is 26.6. The Morgan fingerprint density at radius 1 is 0.600 bits per heavy atom. The van der Waals surface area contributed by atoms with Gasteiger partial charge in [-0.25, -0.2) is 0 Å². The molecule has 186 valence electrons. The van der Waals surface area contributed by atoms with Gasteiger partial charge in [0.25, 0.3) is 0 Å². The van der Waals surface area contributed by atoms with Crippen LogP contribution in [0.25, 0.3) is 12.2 Å². The lowest BCUT2D eigenvalue weighted by atomic mass is 9.92. The van der Waals surface area contributed by atoms with Crippen molar-refractivity contribution in [2.24, 2.45) is 0 Å². The number of hydrogen-bond donors (Lipinski definition) is 0. The zero-order chi connectivity index (χ0) is 25.7. The standard InChI is InChI=1S/C32H46Si3/c1-21-11-13-25(19-34(5,6)7)27-15-23(3)29(31(21)27)17-33-18-30-24(4)16-28-26(20-35(8,9)10)14-12-22(2)32(28)30/h11-16,29-30H,17-20H2,1-10H3. The maximum Gasteiger partial charge on any atom is 0.0487 e. The highest BCUT2D eigenvalue weighted by molar-refractivity contribution is 6.76. The molecule has 35 heavy (non-hydrogen) atoms. The Hall–Kier alpha value is -1.43. The van der Waals surface area contributed by atoms with E-state index >= 15 is 0 Å². The first-order valence-electron chi connectivity index (χ1n) is 13.6. The third kappa shape index (κ3) is 5.78. The highest BCUT2D eigenvalue weighted by atomic mass is 28.3. The van der Waals surface area contributed by atoms with Crippen LogP contribution in [-0.4, -0.2) is 25.7 Å². The molecule has 0 aromatic heterocycles. The predicted molar refractivity (Wildman–Crippen MR) is 165 cm³/mol. The summed E-state index contributed by atoms with van der Waals surface area (Å²) in [6, 6.07) is 14.8. The summed E-state index contributed by atoms with van der Waals surface area (Å²) >= 11 is 0. The van der Waals surface area contributed by atoms with Gasteiger partial charge < -0.3 is 0 Å². The van der Waals surface area contributed by atoms with Crippen LogP contribution in [0.3, 0.4) is 0 Å². The minimum atomic E-state index is -1.14. The summed E-state index contributed by atoms with van der Waals surface area (Å²) in [5.74, 6) is 1.24. The number of rotatable bonds is 8. The topological polar surface area (TPSA) is 0 Å². The molecule has 0 amide bonds. The molecule has 0 fully saturated rings. The molecule has 0 N–H and O–H groups in total. The molecule has 2 atom stereocenters. The van der Waals surface area contributed by atoms with E-state index in [1.165, 1.54) is 35.3 Å². The van der Waals surface area contributed by atoms with Gasteiger partial charge in [-0.05, 0) is 84.3 Å². The lowest BCUT2D eigenvalue weighted by Gasteiger charge is -2.23. The molecule has 0 bridgehead atoms. The molecule has 4 rings (SSSR count). The molecule has 0 nitrogen and oxygen atoms in total. The van der Waals surface area contributed by atoms with Gasteiger partial charge in [-0.1, -0.05) is 98.9 Å². The molecule has 0 saturated carbocycles. The Morgan fingerprint density at radius 2 is 0.971 bits per heavy atom. The largest absolute Gasteiger partial charge is 0.0693 e. The molecule has 0 saturated heterocycles. The molecule has 2 aromatic rings. The number of benzene rings is 2. The van der Waals surface area contributed by atoms with Crippen LogP contribution in [0.2, 0.25) is 51.4 Å². The molecule has 0 heterocycles. The van der Waals surface area contributed by atoms with E-state index in [9.17, 15) is 0 Å². The maximum absolute atomic E-state index is 2.54. The summed E-state index contributed by atoms with van der Waals surface area (Å²) in [7, 11) is -1.29. The van der Waals surface area contributed by atoms with E-state index in [1.807, 2.05) is 0 Å². The summed E-state index contributed by atoms with van der Waals surface area (Å²) in [6.45, 7) is 24.4. The highest BCUT2D eigenvalue weighted by Gasteiger charge is 2.30. The molecule has 0 aliphatic heterocycles. The van der Waals surface area contributed by atoms with Crippen molar-refractivity contribution < 1.29 is 0 Å². The Morgan fingerprint density at radius 3 is 1.31 bits per heavy atom. The summed E-state index contributed by atoms with van der Waals surface area (Å²) in [5, 5.41) is 0. The number of allylic oxidation sites excluding steroid dienone is 2. The van der Waals surface area contributed by atoms with Crippen LogP contribution in [0.4, 0.5) is 0 Å². The van der Waals surface area contributed by atoms with Crippen LogP contribution in [0.15, 0.2) is 35.4 Å². The van der Waals surface area contributed by atoms with Crippen molar-refractivity contribution in [2.75, 3.05) is 0 Å². The van der Waals surface area contributed by atoms with Crippen molar-refractivity contribution in [3.63, 3.8) is 0 Å². The fraction of sp³-hybridized carbons (Fsp3) is 0.500. The van der Waals surface area contributed by atoms with Gasteiger partial charge in [0.05, 0.1) is 0 Å².